The van der Waals surface area contributed by atoms with E-state index in [-0.39, 0.29) is 17.1 Å². The zero-order chi connectivity index (χ0) is 14.5. The van der Waals surface area contributed by atoms with Gasteiger partial charge in [-0.1, -0.05) is 12.1 Å². The maximum Gasteiger partial charge on any atom is 0.203 e. The Morgan fingerprint density at radius 1 is 1.10 bits per heavy atom. The molecular weight excluding hydrogens is 252 g/mol. The zero-order valence-corrected chi connectivity index (χ0v) is 10.6. The third-order valence-electron chi connectivity index (χ3n) is 2.74. The largest absolute Gasteiger partial charge is 0.508 e. The highest BCUT2D eigenvalue weighted by atomic mass is 16.3. The highest BCUT2D eigenvalue weighted by Gasteiger charge is 2.11. The number of carbonyl (C=O) groups excluding carboxylic acids is 1. The van der Waals surface area contributed by atoms with E-state index in [1.54, 1.807) is 36.4 Å². The summed E-state index contributed by atoms with van der Waals surface area (Å²) in [4.78, 5) is 12.2. The summed E-state index contributed by atoms with van der Waals surface area (Å²) < 4.78 is 0. The average molecular weight is 264 g/mol. The van der Waals surface area contributed by atoms with Gasteiger partial charge in [-0.2, -0.15) is 5.26 Å². The number of nitriles is 1. The fourth-order valence-corrected chi connectivity index (χ4v) is 1.68. The molecule has 0 saturated heterocycles. The summed E-state index contributed by atoms with van der Waals surface area (Å²) in [7, 11) is 0. The van der Waals surface area contributed by atoms with E-state index in [9.17, 15) is 9.90 Å². The van der Waals surface area contributed by atoms with Gasteiger partial charge in [-0.25, -0.2) is 0 Å². The summed E-state index contributed by atoms with van der Waals surface area (Å²) in [6, 6.07) is 14.5. The number of anilines is 1. The molecule has 0 aromatic heterocycles. The molecule has 2 aromatic carbocycles. The zero-order valence-electron chi connectivity index (χ0n) is 10.6. The number of benzene rings is 2. The van der Waals surface area contributed by atoms with Crippen molar-refractivity contribution < 1.29 is 9.90 Å². The number of phenols is 1. The van der Waals surface area contributed by atoms with Gasteiger partial charge in [0, 0.05) is 11.3 Å². The van der Waals surface area contributed by atoms with Crippen molar-refractivity contribution in [2.75, 3.05) is 5.73 Å². The first-order chi connectivity index (χ1) is 9.60. The van der Waals surface area contributed by atoms with Gasteiger partial charge in [0.15, 0.2) is 0 Å². The minimum Gasteiger partial charge on any atom is -0.508 e. The van der Waals surface area contributed by atoms with Gasteiger partial charge in [-0.05, 0) is 48.0 Å². The number of hydrogen-bond donors (Lipinski definition) is 2. The topological polar surface area (TPSA) is 87.1 Å². The van der Waals surface area contributed by atoms with E-state index in [0.29, 0.717) is 16.8 Å². The number of phenolic OH excluding ortho intramolecular Hbond substituents is 1. The Balaban J connectivity index is 2.32. The molecule has 4 heteroatoms. The molecule has 0 amide bonds. The van der Waals surface area contributed by atoms with Crippen molar-refractivity contribution in [3.8, 4) is 11.8 Å². The van der Waals surface area contributed by atoms with Crippen LogP contribution < -0.4 is 5.73 Å². The maximum atomic E-state index is 12.2. The molecule has 0 spiro atoms. The van der Waals surface area contributed by atoms with E-state index >= 15 is 0 Å². The van der Waals surface area contributed by atoms with E-state index < -0.39 is 0 Å². The fourth-order valence-electron chi connectivity index (χ4n) is 1.68. The van der Waals surface area contributed by atoms with Crippen molar-refractivity contribution >= 4 is 17.5 Å². The van der Waals surface area contributed by atoms with Crippen LogP contribution in [0.3, 0.4) is 0 Å². The van der Waals surface area contributed by atoms with Crippen LogP contribution in [0.15, 0.2) is 54.1 Å². The van der Waals surface area contributed by atoms with E-state index in [4.69, 9.17) is 11.0 Å². The summed E-state index contributed by atoms with van der Waals surface area (Å²) in [5, 5.41) is 18.3. The molecule has 0 aliphatic carbocycles. The molecule has 2 aromatic rings. The molecular formula is C16H12N2O2. The molecule has 0 aliphatic heterocycles. The Labute approximate surface area is 116 Å². The van der Waals surface area contributed by atoms with Gasteiger partial charge in [0.1, 0.15) is 17.4 Å². The smallest absolute Gasteiger partial charge is 0.203 e. The fraction of sp³-hybridized carbons (Fsp3) is 0. The average Bonchev–Trinajstić information content (AvgIpc) is 2.47. The van der Waals surface area contributed by atoms with Gasteiger partial charge in [0.25, 0.3) is 0 Å². The summed E-state index contributed by atoms with van der Waals surface area (Å²) in [6.07, 6.45) is 1.48. The van der Waals surface area contributed by atoms with Gasteiger partial charge >= 0.3 is 0 Å². The minimum atomic E-state index is -0.361. The molecule has 0 heterocycles. The van der Waals surface area contributed by atoms with Gasteiger partial charge in [0.2, 0.25) is 5.78 Å². The van der Waals surface area contributed by atoms with Crippen molar-refractivity contribution in [2.45, 2.75) is 0 Å². The lowest BCUT2D eigenvalue weighted by molar-refractivity contribution is 0.104. The number of hydrogen-bond acceptors (Lipinski definition) is 4. The Bertz CT molecular complexity index is 693. The number of Topliss-reactive ketones (excluding diaryl/α,β-unsaturated/α-hetero) is 1. The predicted molar refractivity (Wildman–Crippen MR) is 76.9 cm³/mol. The van der Waals surface area contributed by atoms with Crippen LogP contribution in [-0.2, 0) is 0 Å². The van der Waals surface area contributed by atoms with E-state index in [0.717, 1.165) is 0 Å². The highest BCUT2D eigenvalue weighted by molar-refractivity contribution is 6.14. The number of aromatic hydroxyl groups is 1. The summed E-state index contributed by atoms with van der Waals surface area (Å²) >= 11 is 0. The van der Waals surface area contributed by atoms with Crippen LogP contribution in [0, 0.1) is 11.3 Å². The summed E-state index contributed by atoms with van der Waals surface area (Å²) in [5.74, 6) is -0.230. The van der Waals surface area contributed by atoms with E-state index in [1.807, 2.05) is 6.07 Å². The van der Waals surface area contributed by atoms with Gasteiger partial charge < -0.3 is 10.8 Å². The first-order valence-electron chi connectivity index (χ1n) is 5.91. The SMILES string of the molecule is N#C/C(=C\c1ccc(O)cc1)C(=O)c1ccc(N)cc1. The van der Waals surface area contributed by atoms with E-state index in [2.05, 4.69) is 0 Å². The van der Waals surface area contributed by atoms with Crippen LogP contribution >= 0.6 is 0 Å². The molecule has 0 bridgehead atoms. The number of carbonyl (C=O) groups is 1. The van der Waals surface area contributed by atoms with Gasteiger partial charge in [-0.15, -0.1) is 0 Å². The Hall–Kier alpha value is -3.06. The molecule has 0 radical (unpaired) electrons. The molecule has 2 rings (SSSR count). The van der Waals surface area contributed by atoms with Crippen molar-refractivity contribution in [3.63, 3.8) is 0 Å². The minimum absolute atomic E-state index is 0.0282. The van der Waals surface area contributed by atoms with Gasteiger partial charge in [-0.3, -0.25) is 4.79 Å². The normalized spacial score (nSPS) is 10.8. The highest BCUT2D eigenvalue weighted by Crippen LogP contribution is 2.16. The van der Waals surface area contributed by atoms with Crippen LogP contribution in [0.2, 0.25) is 0 Å². The number of allylic oxidation sites excluding steroid dienone is 1. The molecule has 0 unspecified atom stereocenters. The third kappa shape index (κ3) is 3.03. The van der Waals surface area contributed by atoms with Crippen LogP contribution in [0.4, 0.5) is 5.69 Å². The van der Waals surface area contributed by atoms with Crippen molar-refractivity contribution in [1.82, 2.24) is 0 Å². The predicted octanol–water partition coefficient (Wildman–Crippen LogP) is 2.76. The standard InChI is InChI=1S/C16H12N2O2/c17-10-13(9-11-1-7-15(19)8-2-11)16(20)12-3-5-14(18)6-4-12/h1-9,19H,18H2/b13-9+. The number of nitrogens with zero attached hydrogens (tertiary/aromatic N) is 1. The van der Waals surface area contributed by atoms with E-state index in [1.165, 1.54) is 18.2 Å². The van der Waals surface area contributed by atoms with Crippen LogP contribution in [0.5, 0.6) is 5.75 Å². The summed E-state index contributed by atoms with van der Waals surface area (Å²) in [5.41, 5.74) is 7.22. The van der Waals surface area contributed by atoms with Crippen molar-refractivity contribution in [2.24, 2.45) is 0 Å². The van der Waals surface area contributed by atoms with Crippen molar-refractivity contribution in [3.05, 3.63) is 65.2 Å². The van der Waals surface area contributed by atoms with Crippen LogP contribution in [-0.4, -0.2) is 10.9 Å². The maximum absolute atomic E-state index is 12.2. The lowest BCUT2D eigenvalue weighted by atomic mass is 10.0. The first-order valence-corrected chi connectivity index (χ1v) is 5.91. The van der Waals surface area contributed by atoms with Gasteiger partial charge in [0.05, 0.1) is 0 Å². The number of nitrogen functional groups attached to an aromatic ring is 1. The lowest BCUT2D eigenvalue weighted by Crippen LogP contribution is -2.02. The van der Waals surface area contributed by atoms with Crippen molar-refractivity contribution in [1.29, 1.82) is 5.26 Å². The van der Waals surface area contributed by atoms with Crippen LogP contribution in [0.1, 0.15) is 15.9 Å². The Kier molecular flexibility index (Phi) is 3.82. The Morgan fingerprint density at radius 3 is 2.25 bits per heavy atom. The molecule has 98 valence electrons. The second-order valence-corrected chi connectivity index (χ2v) is 4.21. The second kappa shape index (κ2) is 5.72. The molecule has 0 aliphatic rings. The first kappa shape index (κ1) is 13.4. The van der Waals surface area contributed by atoms with Crippen LogP contribution in [0.25, 0.3) is 6.08 Å². The summed E-state index contributed by atoms with van der Waals surface area (Å²) in [6.45, 7) is 0. The monoisotopic (exact) mass is 264 g/mol. The molecule has 20 heavy (non-hydrogen) atoms. The quantitative estimate of drug-likeness (QED) is 0.386. The molecule has 0 fully saturated rings. The number of rotatable bonds is 3. The number of nitrogens with two attached hydrogens (primary N) is 1. The lowest BCUT2D eigenvalue weighted by Gasteiger charge is -2.01. The Morgan fingerprint density at radius 2 is 1.70 bits per heavy atom. The molecule has 0 atom stereocenters. The third-order valence-corrected chi connectivity index (χ3v) is 2.74. The molecule has 3 N–H and O–H groups in total. The second-order valence-electron chi connectivity index (χ2n) is 4.21. The molecule has 0 saturated carbocycles. The number of ketones is 1. The molecule has 4 nitrogen and oxygen atoms in total.